The van der Waals surface area contributed by atoms with Crippen LogP contribution in [0.3, 0.4) is 0 Å². The Balaban J connectivity index is 1.94. The number of nitriles is 1. The zero-order valence-corrected chi connectivity index (χ0v) is 13.1. The number of benzene rings is 2. The normalized spacial score (nSPS) is 15.2. The lowest BCUT2D eigenvalue weighted by molar-refractivity contribution is 0.587. The Morgan fingerprint density at radius 2 is 2.00 bits per heavy atom. The van der Waals surface area contributed by atoms with E-state index in [1.807, 2.05) is 30.3 Å². The van der Waals surface area contributed by atoms with E-state index in [1.165, 1.54) is 0 Å². The van der Waals surface area contributed by atoms with Crippen molar-refractivity contribution >= 4 is 22.6 Å². The summed E-state index contributed by atoms with van der Waals surface area (Å²) < 4.78 is 1.74. The van der Waals surface area contributed by atoms with Crippen molar-refractivity contribution in [2.75, 3.05) is 0 Å². The number of fused-ring (bicyclic) bond motifs is 2. The molecule has 116 valence electrons. The third-order valence-corrected chi connectivity index (χ3v) is 4.34. The van der Waals surface area contributed by atoms with Crippen LogP contribution in [0.4, 0.5) is 0 Å². The van der Waals surface area contributed by atoms with Crippen molar-refractivity contribution < 1.29 is 0 Å². The van der Waals surface area contributed by atoms with E-state index in [-0.39, 0.29) is 5.56 Å². The second-order valence-electron chi connectivity index (χ2n) is 5.92. The molecule has 1 aliphatic heterocycles. The summed E-state index contributed by atoms with van der Waals surface area (Å²) in [6, 6.07) is 17.2. The molecule has 0 bridgehead atoms. The van der Waals surface area contributed by atoms with Crippen LogP contribution in [0.15, 0.2) is 53.3 Å². The fraction of sp³-hybridized carbons (Fsp3) is 0.150. The highest BCUT2D eigenvalue weighted by Gasteiger charge is 2.19. The Morgan fingerprint density at radius 3 is 2.79 bits per heavy atom. The molecule has 24 heavy (non-hydrogen) atoms. The molecular formula is C20H15N3O. The third kappa shape index (κ3) is 2.40. The first-order chi connectivity index (χ1) is 11.8. The summed E-state index contributed by atoms with van der Waals surface area (Å²) in [6.07, 6.45) is 3.92. The molecule has 0 fully saturated rings. The lowest BCUT2D eigenvalue weighted by Gasteiger charge is -2.21. The van der Waals surface area contributed by atoms with Gasteiger partial charge in [0.15, 0.2) is 0 Å². The molecule has 0 atom stereocenters. The van der Waals surface area contributed by atoms with Crippen LogP contribution in [-0.4, -0.2) is 9.55 Å². The lowest BCUT2D eigenvalue weighted by atomic mass is 10.0. The lowest BCUT2D eigenvalue weighted by Crippen LogP contribution is -2.27. The number of nitrogens with zero attached hydrogens (tertiary/aromatic N) is 3. The molecule has 2 heterocycles. The van der Waals surface area contributed by atoms with Crippen LogP contribution in [0.25, 0.3) is 22.6 Å². The van der Waals surface area contributed by atoms with Crippen molar-refractivity contribution in [3.05, 3.63) is 75.8 Å². The first-order valence-corrected chi connectivity index (χ1v) is 7.97. The first-order valence-electron chi connectivity index (χ1n) is 7.97. The maximum atomic E-state index is 12.8. The molecule has 0 N–H and O–H groups in total. The second-order valence-corrected chi connectivity index (χ2v) is 5.92. The highest BCUT2D eigenvalue weighted by atomic mass is 16.1. The predicted molar refractivity (Wildman–Crippen MR) is 94.3 cm³/mol. The van der Waals surface area contributed by atoms with Crippen LogP contribution in [0.2, 0.25) is 0 Å². The summed E-state index contributed by atoms with van der Waals surface area (Å²) in [4.78, 5) is 17.5. The van der Waals surface area contributed by atoms with E-state index in [2.05, 4.69) is 12.1 Å². The molecule has 0 spiro atoms. The fourth-order valence-corrected chi connectivity index (χ4v) is 3.17. The zero-order chi connectivity index (χ0) is 16.5. The summed E-state index contributed by atoms with van der Waals surface area (Å²) in [5, 5.41) is 9.56. The van der Waals surface area contributed by atoms with E-state index in [4.69, 9.17) is 10.2 Å². The molecule has 4 nitrogen and oxygen atoms in total. The Hall–Kier alpha value is -3.19. The van der Waals surface area contributed by atoms with Gasteiger partial charge >= 0.3 is 0 Å². The average Bonchev–Trinajstić information content (AvgIpc) is 2.63. The summed E-state index contributed by atoms with van der Waals surface area (Å²) in [5.74, 6) is 0.743. The average molecular weight is 313 g/mol. The van der Waals surface area contributed by atoms with Gasteiger partial charge in [0.25, 0.3) is 5.56 Å². The van der Waals surface area contributed by atoms with Crippen molar-refractivity contribution in [1.29, 1.82) is 5.26 Å². The first kappa shape index (κ1) is 14.4. The largest absolute Gasteiger partial charge is 0.292 e. The van der Waals surface area contributed by atoms with Gasteiger partial charge < -0.3 is 0 Å². The van der Waals surface area contributed by atoms with Crippen molar-refractivity contribution in [1.82, 2.24) is 9.55 Å². The van der Waals surface area contributed by atoms with Crippen LogP contribution >= 0.6 is 0 Å². The fourth-order valence-electron chi connectivity index (χ4n) is 3.17. The van der Waals surface area contributed by atoms with Gasteiger partial charge in [0, 0.05) is 6.54 Å². The van der Waals surface area contributed by atoms with Crippen LogP contribution in [0.1, 0.15) is 29.8 Å². The zero-order valence-electron chi connectivity index (χ0n) is 13.1. The Morgan fingerprint density at radius 1 is 1.17 bits per heavy atom. The van der Waals surface area contributed by atoms with E-state index >= 15 is 0 Å². The molecule has 4 rings (SSSR count). The van der Waals surface area contributed by atoms with E-state index in [1.54, 1.807) is 22.8 Å². The summed E-state index contributed by atoms with van der Waals surface area (Å²) in [7, 11) is 0. The Kier molecular flexibility index (Phi) is 3.47. The summed E-state index contributed by atoms with van der Waals surface area (Å²) in [6.45, 7) is 0.667. The van der Waals surface area contributed by atoms with Crippen molar-refractivity contribution in [2.24, 2.45) is 0 Å². The van der Waals surface area contributed by atoms with Gasteiger partial charge in [-0.15, -0.1) is 0 Å². The van der Waals surface area contributed by atoms with Crippen molar-refractivity contribution in [3.63, 3.8) is 0 Å². The molecule has 1 aromatic heterocycles. The molecular weight excluding hydrogens is 298 g/mol. The highest BCUT2D eigenvalue weighted by Crippen LogP contribution is 2.27. The van der Waals surface area contributed by atoms with Gasteiger partial charge in [-0.1, -0.05) is 30.3 Å². The summed E-state index contributed by atoms with van der Waals surface area (Å²) >= 11 is 0. The van der Waals surface area contributed by atoms with Gasteiger partial charge in [-0.25, -0.2) is 4.98 Å². The van der Waals surface area contributed by atoms with Crippen molar-refractivity contribution in [2.45, 2.75) is 19.4 Å². The van der Waals surface area contributed by atoms with Crippen molar-refractivity contribution in [3.8, 4) is 6.07 Å². The third-order valence-electron chi connectivity index (χ3n) is 4.34. The van der Waals surface area contributed by atoms with E-state index < -0.39 is 0 Å². The van der Waals surface area contributed by atoms with Gasteiger partial charge in [0.05, 0.1) is 22.5 Å². The monoisotopic (exact) mass is 313 g/mol. The number of hydrogen-bond donors (Lipinski definition) is 0. The van der Waals surface area contributed by atoms with Crippen LogP contribution in [0, 0.1) is 11.3 Å². The van der Waals surface area contributed by atoms with Crippen LogP contribution in [0.5, 0.6) is 0 Å². The molecule has 0 amide bonds. The molecule has 0 saturated heterocycles. The molecule has 2 aromatic carbocycles. The maximum absolute atomic E-state index is 12.8. The number of hydrogen-bond acceptors (Lipinski definition) is 3. The number of allylic oxidation sites excluding steroid dienone is 1. The molecule has 3 aromatic rings. The smallest absolute Gasteiger partial charge is 0.261 e. The quantitative estimate of drug-likeness (QED) is 0.689. The minimum atomic E-state index is -0.0641. The minimum absolute atomic E-state index is 0.0641. The van der Waals surface area contributed by atoms with Crippen LogP contribution < -0.4 is 5.56 Å². The van der Waals surface area contributed by atoms with E-state index in [0.29, 0.717) is 23.0 Å². The molecule has 4 heteroatoms. The van der Waals surface area contributed by atoms with Gasteiger partial charge in [0.1, 0.15) is 5.82 Å². The SMILES string of the molecule is N#Cc1ccc2nc3n(c(=O)c2c1)CCC/C3=C\c1ccccc1. The molecule has 0 saturated carbocycles. The minimum Gasteiger partial charge on any atom is -0.292 e. The molecule has 1 aliphatic rings. The predicted octanol–water partition coefficient (Wildman–Crippen LogP) is 3.60. The van der Waals surface area contributed by atoms with Gasteiger partial charge in [-0.3, -0.25) is 9.36 Å². The highest BCUT2D eigenvalue weighted by molar-refractivity contribution is 5.84. The van der Waals surface area contributed by atoms with E-state index in [0.717, 1.165) is 29.8 Å². The maximum Gasteiger partial charge on any atom is 0.261 e. The van der Waals surface area contributed by atoms with E-state index in [9.17, 15) is 4.79 Å². The molecule has 0 aliphatic carbocycles. The second kappa shape index (κ2) is 5.78. The standard InChI is InChI=1S/C20H15N3O/c21-13-15-8-9-18-17(12-15)20(24)23-10-4-7-16(19(23)22-18)11-14-5-2-1-3-6-14/h1-3,5-6,8-9,11-12H,4,7,10H2/b16-11+. The topological polar surface area (TPSA) is 58.7 Å². The Labute approximate surface area is 139 Å². The molecule has 0 unspecified atom stereocenters. The van der Waals surface area contributed by atoms with Gasteiger partial charge in [-0.2, -0.15) is 5.26 Å². The molecule has 0 radical (unpaired) electrons. The number of rotatable bonds is 1. The van der Waals surface area contributed by atoms with Crippen LogP contribution in [-0.2, 0) is 6.54 Å². The van der Waals surface area contributed by atoms with Gasteiger partial charge in [0.2, 0.25) is 0 Å². The van der Waals surface area contributed by atoms with Gasteiger partial charge in [-0.05, 0) is 48.3 Å². The number of aromatic nitrogens is 2. The summed E-state index contributed by atoms with van der Waals surface area (Å²) in [5.41, 5.74) is 3.25. The Bertz CT molecular complexity index is 1060.